The van der Waals surface area contributed by atoms with Gasteiger partial charge in [0.2, 0.25) is 0 Å². The standard InChI is InChI=1S/C35H23IN4O/c36-35-31-19-17-29(39-31)33(22-8-3-1-4-9-22)27-15-13-25(37-27)24(12-7-21-41)26-14-16-28(38-26)34(23-10-5-2-6-11-23)30-18-20-32(35)40-30/h1-21,37,40H/b12-7+,25-24?,26-24?,33-27?,33-29?,34-28?,34-30?,35-31?,35-32?. The molecule has 0 unspecified atom stereocenters. The van der Waals surface area contributed by atoms with Crippen molar-refractivity contribution in [3.8, 4) is 22.3 Å². The van der Waals surface area contributed by atoms with E-state index in [1.807, 2.05) is 60.7 Å². The number of benzene rings is 2. The predicted octanol–water partition coefficient (Wildman–Crippen LogP) is 8.81. The third-order valence-corrected chi connectivity index (χ3v) is 8.33. The Hall–Kier alpha value is -4.82. The van der Waals surface area contributed by atoms with Gasteiger partial charge < -0.3 is 9.97 Å². The van der Waals surface area contributed by atoms with Crippen LogP contribution in [0.15, 0.2) is 91.0 Å². The quantitative estimate of drug-likeness (QED) is 0.115. The Morgan fingerprint density at radius 1 is 0.561 bits per heavy atom. The largest absolute Gasteiger partial charge is 0.354 e. The van der Waals surface area contributed by atoms with Crippen molar-refractivity contribution >= 4 is 81.3 Å². The van der Waals surface area contributed by atoms with Crippen molar-refractivity contribution in [2.45, 2.75) is 0 Å². The van der Waals surface area contributed by atoms with Crippen molar-refractivity contribution in [3.05, 3.63) is 123 Å². The number of hydrogen-bond acceptors (Lipinski definition) is 3. The Labute approximate surface area is 250 Å². The number of carbonyl (C=O) groups is 1. The van der Waals surface area contributed by atoms with Crippen LogP contribution in [0.25, 0.3) is 74.7 Å². The minimum Gasteiger partial charge on any atom is -0.354 e. The lowest BCUT2D eigenvalue weighted by atomic mass is 10.0. The van der Waals surface area contributed by atoms with Crippen molar-refractivity contribution in [1.29, 1.82) is 0 Å². The first-order valence-electron chi connectivity index (χ1n) is 13.2. The molecule has 5 heterocycles. The number of aldehydes is 1. The number of nitrogens with zero attached hydrogens (tertiary/aromatic N) is 2. The van der Waals surface area contributed by atoms with Crippen LogP contribution in [0.3, 0.4) is 0 Å². The first kappa shape index (κ1) is 25.2. The number of rotatable bonds is 4. The number of carbonyl (C=O) groups excluding carboxylic acids is 1. The molecule has 5 aromatic rings. The number of allylic oxidation sites excluding steroid dienone is 1. The normalized spacial score (nSPS) is 12.3. The van der Waals surface area contributed by atoms with Crippen molar-refractivity contribution in [3.63, 3.8) is 0 Å². The molecule has 0 atom stereocenters. The number of aromatic nitrogens is 4. The molecule has 3 aromatic heterocycles. The van der Waals surface area contributed by atoms with Gasteiger partial charge in [-0.3, -0.25) is 4.79 Å². The average molecular weight is 643 g/mol. The van der Waals surface area contributed by atoms with Gasteiger partial charge in [-0.1, -0.05) is 60.7 Å². The van der Waals surface area contributed by atoms with Gasteiger partial charge in [-0.15, -0.1) is 0 Å². The smallest absolute Gasteiger partial charge is 0.142 e. The number of hydrogen-bond donors (Lipinski definition) is 2. The van der Waals surface area contributed by atoms with Crippen LogP contribution >= 0.6 is 22.6 Å². The Bertz CT molecular complexity index is 2030. The molecule has 7 rings (SSSR count). The second kappa shape index (κ2) is 10.6. The lowest BCUT2D eigenvalue weighted by Crippen LogP contribution is -1.88. The summed E-state index contributed by atoms with van der Waals surface area (Å²) in [5.41, 5.74) is 12.1. The third-order valence-electron chi connectivity index (χ3n) is 7.20. The molecule has 8 bridgehead atoms. The average Bonchev–Trinajstić information content (AvgIpc) is 3.83. The Morgan fingerprint density at radius 2 is 1.05 bits per heavy atom. The molecular formula is C35H23IN4O. The van der Waals surface area contributed by atoms with Crippen LogP contribution in [-0.2, 0) is 4.79 Å². The van der Waals surface area contributed by atoms with Crippen molar-refractivity contribution in [1.82, 2.24) is 19.9 Å². The summed E-state index contributed by atoms with van der Waals surface area (Å²) >= 11 is 2.37. The second-order valence-electron chi connectivity index (χ2n) is 9.71. The zero-order chi connectivity index (χ0) is 27.8. The predicted molar refractivity (Wildman–Crippen MR) is 178 cm³/mol. The molecule has 5 nitrogen and oxygen atoms in total. The highest BCUT2D eigenvalue weighted by Crippen LogP contribution is 2.34. The van der Waals surface area contributed by atoms with E-state index in [4.69, 9.17) is 9.97 Å². The summed E-state index contributed by atoms with van der Waals surface area (Å²) in [6, 6.07) is 28.8. The summed E-state index contributed by atoms with van der Waals surface area (Å²) in [6.45, 7) is 0. The third kappa shape index (κ3) is 4.66. The fourth-order valence-corrected chi connectivity index (χ4v) is 5.94. The summed E-state index contributed by atoms with van der Waals surface area (Å²) in [4.78, 5) is 28.8. The summed E-state index contributed by atoms with van der Waals surface area (Å²) < 4.78 is 1.03. The number of H-pyrrole nitrogens is 2. The lowest BCUT2D eigenvalue weighted by molar-refractivity contribution is -0.104. The maximum absolute atomic E-state index is 11.4. The summed E-state index contributed by atoms with van der Waals surface area (Å²) in [6.07, 6.45) is 12.3. The van der Waals surface area contributed by atoms with E-state index in [0.29, 0.717) is 0 Å². The topological polar surface area (TPSA) is 74.4 Å². The molecule has 0 fully saturated rings. The summed E-state index contributed by atoms with van der Waals surface area (Å²) in [5.74, 6) is 0. The summed E-state index contributed by atoms with van der Waals surface area (Å²) in [7, 11) is 0. The van der Waals surface area contributed by atoms with Gasteiger partial charge in [-0.25, -0.2) is 9.97 Å². The van der Waals surface area contributed by atoms with E-state index in [1.165, 1.54) is 6.08 Å². The Morgan fingerprint density at radius 3 is 1.66 bits per heavy atom. The highest BCUT2D eigenvalue weighted by molar-refractivity contribution is 14.1. The van der Waals surface area contributed by atoms with Gasteiger partial charge in [0, 0.05) is 33.2 Å². The maximum atomic E-state index is 11.4. The van der Waals surface area contributed by atoms with E-state index in [9.17, 15) is 4.79 Å². The van der Waals surface area contributed by atoms with E-state index in [-0.39, 0.29) is 0 Å². The van der Waals surface area contributed by atoms with E-state index in [0.717, 1.165) is 82.5 Å². The van der Waals surface area contributed by atoms with Gasteiger partial charge >= 0.3 is 0 Å². The van der Waals surface area contributed by atoms with Crippen molar-refractivity contribution < 1.29 is 4.79 Å². The van der Waals surface area contributed by atoms with Crippen molar-refractivity contribution in [2.24, 2.45) is 0 Å². The van der Waals surface area contributed by atoms with Crippen LogP contribution in [-0.4, -0.2) is 26.2 Å². The Balaban J connectivity index is 1.66. The van der Waals surface area contributed by atoms with E-state index in [2.05, 4.69) is 87.2 Å². The van der Waals surface area contributed by atoms with Crippen LogP contribution in [0.1, 0.15) is 28.3 Å². The van der Waals surface area contributed by atoms with Crippen molar-refractivity contribution in [2.75, 3.05) is 0 Å². The molecule has 0 aliphatic carbocycles. The lowest BCUT2D eigenvalue weighted by Gasteiger charge is -2.04. The molecule has 2 N–H and O–H groups in total. The van der Waals surface area contributed by atoms with Crippen LogP contribution in [0, 0.1) is 3.57 Å². The molecule has 196 valence electrons. The van der Waals surface area contributed by atoms with E-state index >= 15 is 0 Å². The fraction of sp³-hybridized carbons (Fsp3) is 0. The fourth-order valence-electron chi connectivity index (χ4n) is 5.32. The molecule has 6 heteroatoms. The molecule has 0 amide bonds. The molecule has 0 saturated heterocycles. The highest BCUT2D eigenvalue weighted by Gasteiger charge is 2.16. The van der Waals surface area contributed by atoms with Crippen LogP contribution in [0.5, 0.6) is 0 Å². The van der Waals surface area contributed by atoms with E-state index < -0.39 is 0 Å². The molecule has 41 heavy (non-hydrogen) atoms. The van der Waals surface area contributed by atoms with Gasteiger partial charge in [0.1, 0.15) is 6.29 Å². The van der Waals surface area contributed by atoms with E-state index in [1.54, 1.807) is 0 Å². The van der Waals surface area contributed by atoms with Gasteiger partial charge in [0.25, 0.3) is 0 Å². The SMILES string of the molecule is O=C/C=C/c1c2nc(c(-c3ccccc3)c3ccc([nH]3)c(I)c3nc(c(-c4ccccc4)c4ccc1[nH]4)C=C3)C=C2. The molecular weight excluding hydrogens is 619 g/mol. The van der Waals surface area contributed by atoms with Crippen LogP contribution < -0.4 is 0 Å². The van der Waals surface area contributed by atoms with Crippen LogP contribution in [0.2, 0.25) is 0 Å². The highest BCUT2D eigenvalue weighted by atomic mass is 127. The second-order valence-corrected chi connectivity index (χ2v) is 10.8. The molecule has 2 aromatic carbocycles. The molecule has 0 radical (unpaired) electrons. The maximum Gasteiger partial charge on any atom is 0.142 e. The summed E-state index contributed by atoms with van der Waals surface area (Å²) in [5, 5.41) is 0. The molecule has 0 saturated carbocycles. The number of fused-ring (bicyclic) bond motifs is 8. The minimum atomic E-state index is 0.773. The van der Waals surface area contributed by atoms with Crippen LogP contribution in [0.4, 0.5) is 0 Å². The van der Waals surface area contributed by atoms with Gasteiger partial charge in [-0.2, -0.15) is 0 Å². The zero-order valence-corrected chi connectivity index (χ0v) is 24.0. The Kier molecular flexibility index (Phi) is 6.53. The monoisotopic (exact) mass is 642 g/mol. The number of nitrogens with one attached hydrogen (secondary N) is 2. The molecule has 2 aliphatic heterocycles. The van der Waals surface area contributed by atoms with Gasteiger partial charge in [0.15, 0.2) is 0 Å². The first-order valence-corrected chi connectivity index (χ1v) is 14.3. The minimum absolute atomic E-state index is 0.773. The molecule has 2 aliphatic rings. The number of aromatic amines is 2. The first-order chi connectivity index (χ1) is 20.2. The van der Waals surface area contributed by atoms with Gasteiger partial charge in [-0.05, 0) is 94.4 Å². The molecule has 0 spiro atoms. The zero-order valence-electron chi connectivity index (χ0n) is 21.8. The van der Waals surface area contributed by atoms with Gasteiger partial charge in [0.05, 0.1) is 31.9 Å². The number of halogens is 1.